The highest BCUT2D eigenvalue weighted by atomic mass is 16.5. The van der Waals surface area contributed by atoms with Crippen molar-refractivity contribution in [2.24, 2.45) is 0 Å². The van der Waals surface area contributed by atoms with Crippen LogP contribution in [0.25, 0.3) is 0 Å². The summed E-state index contributed by atoms with van der Waals surface area (Å²) >= 11 is 0. The summed E-state index contributed by atoms with van der Waals surface area (Å²) in [4.78, 5) is 24.5. The van der Waals surface area contributed by atoms with Gasteiger partial charge in [0.2, 0.25) is 0 Å². The molecule has 1 rings (SSSR count). The highest BCUT2D eigenvalue weighted by molar-refractivity contribution is 5.93. The van der Waals surface area contributed by atoms with Gasteiger partial charge in [-0.2, -0.15) is 0 Å². The quantitative estimate of drug-likeness (QED) is 0.194. The Bertz CT molecular complexity index is 573. The minimum atomic E-state index is -0.329. The van der Waals surface area contributed by atoms with Crippen molar-refractivity contribution in [1.82, 2.24) is 0 Å². The van der Waals surface area contributed by atoms with Gasteiger partial charge < -0.3 is 9.47 Å². The average molecular weight is 419 g/mol. The monoisotopic (exact) mass is 418 g/mol. The van der Waals surface area contributed by atoms with Crippen molar-refractivity contribution >= 4 is 11.9 Å². The molecule has 1 aromatic rings. The Morgan fingerprint density at radius 2 is 1.13 bits per heavy atom. The summed E-state index contributed by atoms with van der Waals surface area (Å²) in [6, 6.07) is 6.58. The third-order valence-electron chi connectivity index (χ3n) is 5.33. The van der Waals surface area contributed by atoms with Crippen LogP contribution in [0.15, 0.2) is 24.3 Å². The molecule has 4 heteroatoms. The second kappa shape index (κ2) is 16.9. The van der Waals surface area contributed by atoms with Crippen molar-refractivity contribution in [3.63, 3.8) is 0 Å². The molecule has 0 N–H and O–H groups in total. The van der Waals surface area contributed by atoms with Crippen molar-refractivity contribution < 1.29 is 19.1 Å². The molecular weight excluding hydrogens is 376 g/mol. The van der Waals surface area contributed by atoms with E-state index in [1.165, 1.54) is 44.9 Å². The van der Waals surface area contributed by atoms with Crippen LogP contribution in [0, 0.1) is 0 Å². The first kappa shape index (κ1) is 26.2. The lowest BCUT2D eigenvalue weighted by molar-refractivity contribution is 0.0257. The van der Waals surface area contributed by atoms with Crippen LogP contribution >= 0.6 is 0 Å². The minimum Gasteiger partial charge on any atom is -0.462 e. The number of rotatable bonds is 17. The van der Waals surface area contributed by atoms with Gasteiger partial charge in [-0.1, -0.05) is 85.0 Å². The SMILES string of the molecule is CCCCCCCCCCCOC(=O)c1ccc(C(=O)OC(CCC)CCC)cc1. The molecule has 0 saturated carbocycles. The number of hydrogen-bond acceptors (Lipinski definition) is 4. The van der Waals surface area contributed by atoms with Gasteiger partial charge in [-0.15, -0.1) is 0 Å². The van der Waals surface area contributed by atoms with E-state index in [2.05, 4.69) is 20.8 Å². The molecule has 0 atom stereocenters. The number of unbranched alkanes of at least 4 members (excludes halogenated alkanes) is 8. The van der Waals surface area contributed by atoms with Crippen molar-refractivity contribution in [1.29, 1.82) is 0 Å². The molecule has 30 heavy (non-hydrogen) atoms. The Labute approximate surface area is 183 Å². The molecule has 0 bridgehead atoms. The molecule has 4 nitrogen and oxygen atoms in total. The van der Waals surface area contributed by atoms with Gasteiger partial charge in [-0.05, 0) is 43.5 Å². The largest absolute Gasteiger partial charge is 0.462 e. The van der Waals surface area contributed by atoms with Crippen LogP contribution in [0.4, 0.5) is 0 Å². The van der Waals surface area contributed by atoms with Gasteiger partial charge in [0.1, 0.15) is 6.10 Å². The Morgan fingerprint density at radius 3 is 1.63 bits per heavy atom. The Morgan fingerprint density at radius 1 is 0.667 bits per heavy atom. The van der Waals surface area contributed by atoms with Gasteiger partial charge in [0.25, 0.3) is 0 Å². The van der Waals surface area contributed by atoms with E-state index in [9.17, 15) is 9.59 Å². The third-order valence-corrected chi connectivity index (χ3v) is 5.33. The summed E-state index contributed by atoms with van der Waals surface area (Å²) in [5.41, 5.74) is 0.948. The van der Waals surface area contributed by atoms with Gasteiger partial charge >= 0.3 is 11.9 Å². The molecule has 0 spiro atoms. The Balaban J connectivity index is 2.27. The number of esters is 2. The van der Waals surface area contributed by atoms with E-state index in [0.29, 0.717) is 17.7 Å². The van der Waals surface area contributed by atoms with Gasteiger partial charge in [-0.25, -0.2) is 9.59 Å². The summed E-state index contributed by atoms with van der Waals surface area (Å²) in [6.07, 6.45) is 14.8. The average Bonchev–Trinajstić information content (AvgIpc) is 2.75. The summed E-state index contributed by atoms with van der Waals surface area (Å²) < 4.78 is 11.0. The molecule has 0 aliphatic rings. The summed E-state index contributed by atoms with van der Waals surface area (Å²) in [7, 11) is 0. The Hall–Kier alpha value is -1.84. The zero-order chi connectivity index (χ0) is 22.0. The zero-order valence-electron chi connectivity index (χ0n) is 19.4. The molecule has 0 unspecified atom stereocenters. The fourth-order valence-electron chi connectivity index (χ4n) is 3.53. The summed E-state index contributed by atoms with van der Waals surface area (Å²) in [5.74, 6) is -0.652. The maximum Gasteiger partial charge on any atom is 0.338 e. The van der Waals surface area contributed by atoms with Crippen molar-refractivity contribution in [2.45, 2.75) is 110 Å². The van der Waals surface area contributed by atoms with E-state index in [1.54, 1.807) is 24.3 Å². The van der Waals surface area contributed by atoms with Gasteiger partial charge in [-0.3, -0.25) is 0 Å². The van der Waals surface area contributed by atoms with Crippen LogP contribution in [0.1, 0.15) is 125 Å². The molecule has 0 amide bonds. The maximum absolute atomic E-state index is 12.3. The summed E-state index contributed by atoms with van der Waals surface area (Å²) in [6.45, 7) is 6.87. The normalized spacial score (nSPS) is 10.9. The maximum atomic E-state index is 12.3. The lowest BCUT2D eigenvalue weighted by Crippen LogP contribution is -2.18. The molecule has 1 aromatic carbocycles. The van der Waals surface area contributed by atoms with Crippen molar-refractivity contribution in [3.8, 4) is 0 Å². The smallest absolute Gasteiger partial charge is 0.338 e. The van der Waals surface area contributed by atoms with E-state index in [0.717, 1.165) is 38.5 Å². The predicted octanol–water partition coefficient (Wildman–Crippen LogP) is 7.50. The second-order valence-electron chi connectivity index (χ2n) is 8.15. The standard InChI is InChI=1S/C26H42O4/c1-4-7-8-9-10-11-12-13-14-21-29-25(27)22-17-19-23(20-18-22)26(28)30-24(15-5-2)16-6-3/h17-20,24H,4-16,21H2,1-3H3. The number of carbonyl (C=O) groups excluding carboxylic acids is 2. The molecular formula is C26H42O4. The fraction of sp³-hybridized carbons (Fsp3) is 0.692. The highest BCUT2D eigenvalue weighted by Gasteiger charge is 2.15. The molecule has 170 valence electrons. The predicted molar refractivity (Wildman–Crippen MR) is 123 cm³/mol. The number of benzene rings is 1. The van der Waals surface area contributed by atoms with Crippen LogP contribution in [0.3, 0.4) is 0 Å². The lowest BCUT2D eigenvalue weighted by atomic mass is 10.1. The van der Waals surface area contributed by atoms with Crippen molar-refractivity contribution in [2.75, 3.05) is 6.61 Å². The molecule has 0 fully saturated rings. The third kappa shape index (κ3) is 11.4. The van der Waals surface area contributed by atoms with E-state index in [1.807, 2.05) is 0 Å². The van der Waals surface area contributed by atoms with Gasteiger partial charge in [0.05, 0.1) is 17.7 Å². The number of ether oxygens (including phenoxy) is 2. The van der Waals surface area contributed by atoms with Crippen LogP contribution in [0.2, 0.25) is 0 Å². The summed E-state index contributed by atoms with van der Waals surface area (Å²) in [5, 5.41) is 0. The van der Waals surface area contributed by atoms with Gasteiger partial charge in [0.15, 0.2) is 0 Å². The van der Waals surface area contributed by atoms with Crippen LogP contribution in [-0.4, -0.2) is 24.6 Å². The molecule has 0 saturated heterocycles. The first-order valence-electron chi connectivity index (χ1n) is 12.1. The lowest BCUT2D eigenvalue weighted by Gasteiger charge is -2.16. The van der Waals surface area contributed by atoms with Crippen LogP contribution in [-0.2, 0) is 9.47 Å². The first-order valence-corrected chi connectivity index (χ1v) is 12.1. The van der Waals surface area contributed by atoms with E-state index >= 15 is 0 Å². The molecule has 0 radical (unpaired) electrons. The topological polar surface area (TPSA) is 52.6 Å². The number of hydrogen-bond donors (Lipinski definition) is 0. The van der Waals surface area contributed by atoms with Crippen LogP contribution < -0.4 is 0 Å². The zero-order valence-corrected chi connectivity index (χ0v) is 19.4. The molecule has 0 heterocycles. The molecule has 0 aliphatic heterocycles. The highest BCUT2D eigenvalue weighted by Crippen LogP contribution is 2.14. The fourth-order valence-corrected chi connectivity index (χ4v) is 3.53. The number of carbonyl (C=O) groups is 2. The van der Waals surface area contributed by atoms with E-state index < -0.39 is 0 Å². The molecule has 0 aliphatic carbocycles. The minimum absolute atomic E-state index is 0.0338. The van der Waals surface area contributed by atoms with Crippen LogP contribution in [0.5, 0.6) is 0 Å². The molecule has 0 aromatic heterocycles. The Kier molecular flexibility index (Phi) is 14.8. The van der Waals surface area contributed by atoms with Crippen molar-refractivity contribution in [3.05, 3.63) is 35.4 Å². The van der Waals surface area contributed by atoms with E-state index in [4.69, 9.17) is 9.47 Å². The first-order chi connectivity index (χ1) is 14.6. The van der Waals surface area contributed by atoms with Gasteiger partial charge in [0, 0.05) is 0 Å². The van der Waals surface area contributed by atoms with E-state index in [-0.39, 0.29) is 18.0 Å². The second-order valence-corrected chi connectivity index (χ2v) is 8.15.